The first-order chi connectivity index (χ1) is 9.13. The van der Waals surface area contributed by atoms with Gasteiger partial charge >= 0.3 is 0 Å². The lowest BCUT2D eigenvalue weighted by atomic mass is 10.0. The Morgan fingerprint density at radius 1 is 1.42 bits per heavy atom. The summed E-state index contributed by atoms with van der Waals surface area (Å²) in [5.41, 5.74) is 4.39. The number of hydrogen-bond acceptors (Lipinski definition) is 4. The summed E-state index contributed by atoms with van der Waals surface area (Å²) in [7, 11) is 0. The van der Waals surface area contributed by atoms with E-state index < -0.39 is 0 Å². The molecule has 6 heteroatoms. The molecule has 1 aromatic carbocycles. The van der Waals surface area contributed by atoms with E-state index in [9.17, 15) is 4.39 Å². The largest absolute Gasteiger partial charge is 0.271 e. The molecular formula is C13H18FN5. The van der Waals surface area contributed by atoms with Crippen LogP contribution in [0.4, 0.5) is 4.39 Å². The Hall–Kier alpha value is -1.79. The molecule has 3 N–H and O–H groups in total. The van der Waals surface area contributed by atoms with Crippen LogP contribution in [0.25, 0.3) is 0 Å². The number of aryl methyl sites for hydroxylation is 2. The van der Waals surface area contributed by atoms with Gasteiger partial charge in [-0.2, -0.15) is 5.10 Å². The summed E-state index contributed by atoms with van der Waals surface area (Å²) in [4.78, 5) is 4.21. The number of hydrogen-bond donors (Lipinski definition) is 2. The first-order valence-corrected chi connectivity index (χ1v) is 6.24. The van der Waals surface area contributed by atoms with Crippen molar-refractivity contribution in [3.8, 4) is 0 Å². The van der Waals surface area contributed by atoms with Crippen LogP contribution in [-0.4, -0.2) is 14.8 Å². The fourth-order valence-electron chi connectivity index (χ4n) is 2.13. The van der Waals surface area contributed by atoms with Gasteiger partial charge in [-0.3, -0.25) is 16.0 Å². The van der Waals surface area contributed by atoms with E-state index in [1.807, 2.05) is 19.9 Å². The van der Waals surface area contributed by atoms with Crippen LogP contribution in [0, 0.1) is 12.7 Å². The molecule has 1 aromatic heterocycles. The molecular weight excluding hydrogens is 245 g/mol. The van der Waals surface area contributed by atoms with Crippen LogP contribution < -0.4 is 11.3 Å². The van der Waals surface area contributed by atoms with Crippen molar-refractivity contribution in [2.24, 2.45) is 5.84 Å². The molecule has 0 aliphatic carbocycles. The third kappa shape index (κ3) is 3.15. The van der Waals surface area contributed by atoms with Gasteiger partial charge in [-0.1, -0.05) is 6.07 Å². The highest BCUT2D eigenvalue weighted by Gasteiger charge is 2.15. The standard InChI is InChI=1S/C13H18FN5/c1-3-19-13(16-8-17-19)7-12(18-15)10-4-9(2)5-11(14)6-10/h4-6,8,12,18H,3,7,15H2,1-2H3. The van der Waals surface area contributed by atoms with Gasteiger partial charge in [-0.25, -0.2) is 9.37 Å². The molecule has 102 valence electrons. The van der Waals surface area contributed by atoms with E-state index in [1.165, 1.54) is 18.5 Å². The monoisotopic (exact) mass is 263 g/mol. The zero-order chi connectivity index (χ0) is 13.8. The maximum absolute atomic E-state index is 13.4. The van der Waals surface area contributed by atoms with Crippen molar-refractivity contribution in [1.29, 1.82) is 0 Å². The number of aromatic nitrogens is 3. The van der Waals surface area contributed by atoms with E-state index in [2.05, 4.69) is 15.5 Å². The topological polar surface area (TPSA) is 68.8 Å². The molecule has 0 radical (unpaired) electrons. The zero-order valence-corrected chi connectivity index (χ0v) is 11.1. The van der Waals surface area contributed by atoms with E-state index >= 15 is 0 Å². The molecule has 0 fully saturated rings. The highest BCUT2D eigenvalue weighted by Crippen LogP contribution is 2.19. The first kappa shape index (κ1) is 13.6. The van der Waals surface area contributed by atoms with Crippen LogP contribution in [0.3, 0.4) is 0 Å². The highest BCUT2D eigenvalue weighted by atomic mass is 19.1. The zero-order valence-electron chi connectivity index (χ0n) is 11.1. The molecule has 0 saturated carbocycles. The lowest BCUT2D eigenvalue weighted by molar-refractivity contribution is 0.506. The molecule has 2 rings (SSSR count). The molecule has 1 heterocycles. The number of benzene rings is 1. The molecule has 0 amide bonds. The van der Waals surface area contributed by atoms with Crippen molar-refractivity contribution in [1.82, 2.24) is 20.2 Å². The van der Waals surface area contributed by atoms with Crippen LogP contribution >= 0.6 is 0 Å². The summed E-state index contributed by atoms with van der Waals surface area (Å²) in [6.07, 6.45) is 2.08. The predicted molar refractivity (Wildman–Crippen MR) is 70.6 cm³/mol. The Balaban J connectivity index is 2.25. The third-order valence-corrected chi connectivity index (χ3v) is 3.05. The number of nitrogens with two attached hydrogens (primary N) is 1. The molecule has 1 unspecified atom stereocenters. The summed E-state index contributed by atoms with van der Waals surface area (Å²) >= 11 is 0. The Kier molecular flexibility index (Phi) is 4.24. The van der Waals surface area contributed by atoms with Crippen molar-refractivity contribution >= 4 is 0 Å². The van der Waals surface area contributed by atoms with Crippen LogP contribution in [0.15, 0.2) is 24.5 Å². The molecule has 0 spiro atoms. The van der Waals surface area contributed by atoms with Gasteiger partial charge in [0.1, 0.15) is 18.0 Å². The number of nitrogens with zero attached hydrogens (tertiary/aromatic N) is 3. The minimum atomic E-state index is -0.257. The summed E-state index contributed by atoms with van der Waals surface area (Å²) in [6.45, 7) is 4.60. The molecule has 1 atom stereocenters. The molecule has 0 aliphatic rings. The average molecular weight is 263 g/mol. The maximum Gasteiger partial charge on any atom is 0.138 e. The van der Waals surface area contributed by atoms with E-state index in [4.69, 9.17) is 5.84 Å². The summed E-state index contributed by atoms with van der Waals surface area (Å²) in [5, 5.41) is 4.11. The van der Waals surface area contributed by atoms with E-state index in [1.54, 1.807) is 4.68 Å². The normalized spacial score (nSPS) is 12.6. The Morgan fingerprint density at radius 3 is 2.84 bits per heavy atom. The molecule has 5 nitrogen and oxygen atoms in total. The van der Waals surface area contributed by atoms with Crippen LogP contribution in [-0.2, 0) is 13.0 Å². The predicted octanol–water partition coefficient (Wildman–Crippen LogP) is 1.49. The average Bonchev–Trinajstić information content (AvgIpc) is 2.81. The van der Waals surface area contributed by atoms with Gasteiger partial charge in [-0.05, 0) is 37.1 Å². The molecule has 0 saturated heterocycles. The molecule has 0 bridgehead atoms. The van der Waals surface area contributed by atoms with Gasteiger partial charge in [0.15, 0.2) is 0 Å². The Morgan fingerprint density at radius 2 is 2.21 bits per heavy atom. The fourth-order valence-corrected chi connectivity index (χ4v) is 2.13. The maximum atomic E-state index is 13.4. The molecule has 19 heavy (non-hydrogen) atoms. The Labute approximate surface area is 111 Å². The molecule has 0 aliphatic heterocycles. The van der Waals surface area contributed by atoms with Crippen molar-refractivity contribution in [3.05, 3.63) is 47.3 Å². The number of halogens is 1. The van der Waals surface area contributed by atoms with Crippen molar-refractivity contribution in [3.63, 3.8) is 0 Å². The van der Waals surface area contributed by atoms with Gasteiger partial charge in [0.25, 0.3) is 0 Å². The van der Waals surface area contributed by atoms with Crippen molar-refractivity contribution < 1.29 is 4.39 Å². The van der Waals surface area contributed by atoms with Gasteiger partial charge in [0, 0.05) is 13.0 Å². The van der Waals surface area contributed by atoms with Gasteiger partial charge in [-0.15, -0.1) is 0 Å². The quantitative estimate of drug-likeness (QED) is 0.633. The first-order valence-electron chi connectivity index (χ1n) is 6.24. The van der Waals surface area contributed by atoms with E-state index in [-0.39, 0.29) is 11.9 Å². The van der Waals surface area contributed by atoms with E-state index in [0.29, 0.717) is 6.42 Å². The fraction of sp³-hybridized carbons (Fsp3) is 0.385. The summed E-state index contributed by atoms with van der Waals surface area (Å²) < 4.78 is 15.2. The number of nitrogens with one attached hydrogen (secondary N) is 1. The summed E-state index contributed by atoms with van der Waals surface area (Å²) in [6, 6.07) is 4.71. The summed E-state index contributed by atoms with van der Waals surface area (Å²) in [5.74, 6) is 6.15. The second-order valence-electron chi connectivity index (χ2n) is 4.48. The van der Waals surface area contributed by atoms with E-state index in [0.717, 1.165) is 23.5 Å². The minimum absolute atomic E-state index is 0.191. The molecule has 2 aromatic rings. The highest BCUT2D eigenvalue weighted by molar-refractivity contribution is 5.26. The second kappa shape index (κ2) is 5.90. The van der Waals surface area contributed by atoms with Crippen LogP contribution in [0.2, 0.25) is 0 Å². The van der Waals surface area contributed by atoms with Crippen LogP contribution in [0.1, 0.15) is 29.9 Å². The van der Waals surface area contributed by atoms with Gasteiger partial charge in [0.2, 0.25) is 0 Å². The third-order valence-electron chi connectivity index (χ3n) is 3.05. The van der Waals surface area contributed by atoms with Crippen molar-refractivity contribution in [2.45, 2.75) is 32.9 Å². The lowest BCUT2D eigenvalue weighted by Crippen LogP contribution is -2.30. The number of hydrazine groups is 1. The SMILES string of the molecule is CCn1ncnc1CC(NN)c1cc(C)cc(F)c1. The van der Waals surface area contributed by atoms with Crippen molar-refractivity contribution in [2.75, 3.05) is 0 Å². The lowest BCUT2D eigenvalue weighted by Gasteiger charge is -2.17. The van der Waals surface area contributed by atoms with Gasteiger partial charge in [0.05, 0.1) is 6.04 Å². The van der Waals surface area contributed by atoms with Crippen LogP contribution in [0.5, 0.6) is 0 Å². The minimum Gasteiger partial charge on any atom is -0.271 e. The number of rotatable bonds is 5. The smallest absolute Gasteiger partial charge is 0.138 e. The van der Waals surface area contributed by atoms with Gasteiger partial charge < -0.3 is 0 Å². The Bertz CT molecular complexity index is 531. The second-order valence-corrected chi connectivity index (χ2v) is 4.48.